The highest BCUT2D eigenvalue weighted by Crippen LogP contribution is 2.18. The summed E-state index contributed by atoms with van der Waals surface area (Å²) in [6.45, 7) is 7.99. The van der Waals surface area contributed by atoms with E-state index in [2.05, 4.69) is 10.6 Å². The van der Waals surface area contributed by atoms with E-state index in [9.17, 15) is 9.59 Å². The number of rotatable bonds is 8. The third-order valence-electron chi connectivity index (χ3n) is 3.66. The predicted octanol–water partition coefficient (Wildman–Crippen LogP) is 2.51. The normalized spacial score (nSPS) is 12.9. The maximum absolute atomic E-state index is 11.9. The van der Waals surface area contributed by atoms with Gasteiger partial charge in [0.2, 0.25) is 0 Å². The molecule has 0 aromatic carbocycles. The molecular formula is C13H26N2O3. The summed E-state index contributed by atoms with van der Waals surface area (Å²) in [5.41, 5.74) is -0.189. The lowest BCUT2D eigenvalue weighted by Gasteiger charge is -2.32. The Kier molecular flexibility index (Phi) is 7.39. The van der Waals surface area contributed by atoms with Crippen molar-refractivity contribution in [1.29, 1.82) is 0 Å². The lowest BCUT2D eigenvalue weighted by Crippen LogP contribution is -2.53. The smallest absolute Gasteiger partial charge is 0.315 e. The molecule has 5 heteroatoms. The summed E-state index contributed by atoms with van der Waals surface area (Å²) in [4.78, 5) is 22.5. The van der Waals surface area contributed by atoms with Crippen LogP contribution in [0.4, 0.5) is 4.79 Å². The van der Waals surface area contributed by atoms with Crippen molar-refractivity contribution in [2.75, 3.05) is 0 Å². The molecule has 0 spiro atoms. The average Bonchev–Trinajstić information content (AvgIpc) is 2.34. The number of aliphatic carboxylic acids is 1. The van der Waals surface area contributed by atoms with Crippen LogP contribution in [0.2, 0.25) is 0 Å². The van der Waals surface area contributed by atoms with E-state index in [1.165, 1.54) is 0 Å². The maximum Gasteiger partial charge on any atom is 0.315 e. The third kappa shape index (κ3) is 5.38. The number of amides is 2. The SMILES string of the molecule is CCC(CC(=O)O)NC(=O)NC(CC)(CC)CC. The molecule has 0 aromatic rings. The Bertz CT molecular complexity index is 267. The van der Waals surface area contributed by atoms with Gasteiger partial charge >= 0.3 is 12.0 Å². The Morgan fingerprint density at radius 2 is 1.61 bits per heavy atom. The zero-order valence-corrected chi connectivity index (χ0v) is 11.9. The minimum atomic E-state index is -0.894. The number of urea groups is 1. The van der Waals surface area contributed by atoms with E-state index < -0.39 is 5.97 Å². The fourth-order valence-electron chi connectivity index (χ4n) is 1.99. The monoisotopic (exact) mass is 258 g/mol. The Morgan fingerprint density at radius 3 is 1.94 bits per heavy atom. The highest BCUT2D eigenvalue weighted by molar-refractivity contribution is 5.76. The summed E-state index contributed by atoms with van der Waals surface area (Å²) < 4.78 is 0. The fourth-order valence-corrected chi connectivity index (χ4v) is 1.99. The van der Waals surface area contributed by atoms with Crippen LogP contribution in [0.3, 0.4) is 0 Å². The van der Waals surface area contributed by atoms with Gasteiger partial charge in [-0.3, -0.25) is 4.79 Å². The van der Waals surface area contributed by atoms with E-state index in [1.54, 1.807) is 0 Å². The first-order valence-electron chi connectivity index (χ1n) is 6.73. The van der Waals surface area contributed by atoms with Gasteiger partial charge in [0.05, 0.1) is 6.42 Å². The molecule has 0 aliphatic carbocycles. The van der Waals surface area contributed by atoms with Crippen molar-refractivity contribution in [2.24, 2.45) is 0 Å². The van der Waals surface area contributed by atoms with Crippen LogP contribution < -0.4 is 10.6 Å². The van der Waals surface area contributed by atoms with Crippen molar-refractivity contribution in [1.82, 2.24) is 10.6 Å². The zero-order valence-electron chi connectivity index (χ0n) is 11.9. The van der Waals surface area contributed by atoms with Crippen molar-refractivity contribution < 1.29 is 14.7 Å². The second kappa shape index (κ2) is 7.95. The van der Waals surface area contributed by atoms with Crippen molar-refractivity contribution in [3.05, 3.63) is 0 Å². The molecule has 1 atom stereocenters. The molecule has 106 valence electrons. The van der Waals surface area contributed by atoms with Gasteiger partial charge in [-0.1, -0.05) is 27.7 Å². The van der Waals surface area contributed by atoms with Crippen LogP contribution >= 0.6 is 0 Å². The number of carboxylic acids is 1. The lowest BCUT2D eigenvalue weighted by atomic mass is 9.90. The molecule has 0 heterocycles. The number of carboxylic acid groups (broad SMARTS) is 1. The van der Waals surface area contributed by atoms with Gasteiger partial charge in [-0.25, -0.2) is 4.79 Å². The Labute approximate surface area is 109 Å². The molecule has 0 radical (unpaired) electrons. The molecule has 0 fully saturated rings. The molecule has 2 amide bonds. The molecule has 5 nitrogen and oxygen atoms in total. The second-order valence-electron chi connectivity index (χ2n) is 4.64. The van der Waals surface area contributed by atoms with E-state index in [-0.39, 0.29) is 24.0 Å². The fraction of sp³-hybridized carbons (Fsp3) is 0.846. The Balaban J connectivity index is 4.43. The summed E-state index contributed by atoms with van der Waals surface area (Å²) in [5.74, 6) is -0.894. The van der Waals surface area contributed by atoms with Gasteiger partial charge in [0.15, 0.2) is 0 Å². The molecule has 1 unspecified atom stereocenters. The predicted molar refractivity (Wildman–Crippen MR) is 71.6 cm³/mol. The number of carbonyl (C=O) groups is 2. The highest BCUT2D eigenvalue weighted by Gasteiger charge is 2.26. The van der Waals surface area contributed by atoms with Crippen molar-refractivity contribution >= 4 is 12.0 Å². The zero-order chi connectivity index (χ0) is 14.2. The van der Waals surface area contributed by atoms with Crippen LogP contribution in [0.25, 0.3) is 0 Å². The summed E-state index contributed by atoms with van der Waals surface area (Å²) >= 11 is 0. The summed E-state index contributed by atoms with van der Waals surface area (Å²) in [7, 11) is 0. The average molecular weight is 258 g/mol. The summed E-state index contributed by atoms with van der Waals surface area (Å²) in [6.07, 6.45) is 3.16. The van der Waals surface area contributed by atoms with Crippen molar-refractivity contribution in [3.63, 3.8) is 0 Å². The molecule has 0 saturated heterocycles. The molecule has 0 rings (SSSR count). The van der Waals surface area contributed by atoms with Gasteiger partial charge < -0.3 is 15.7 Å². The quantitative estimate of drug-likeness (QED) is 0.626. The standard InChI is InChI=1S/C13H26N2O3/c1-5-10(9-11(16)17)14-12(18)15-13(6-2,7-3)8-4/h10H,5-9H2,1-4H3,(H,16,17)(H2,14,15,18). The van der Waals surface area contributed by atoms with Crippen molar-refractivity contribution in [2.45, 2.75) is 71.4 Å². The topological polar surface area (TPSA) is 78.4 Å². The second-order valence-corrected chi connectivity index (χ2v) is 4.64. The van der Waals surface area contributed by atoms with E-state index in [0.29, 0.717) is 6.42 Å². The number of hydrogen-bond donors (Lipinski definition) is 3. The molecule has 0 aromatic heterocycles. The lowest BCUT2D eigenvalue weighted by molar-refractivity contribution is -0.137. The van der Waals surface area contributed by atoms with Gasteiger partial charge in [-0.15, -0.1) is 0 Å². The van der Waals surface area contributed by atoms with Crippen LogP contribution in [-0.4, -0.2) is 28.7 Å². The largest absolute Gasteiger partial charge is 0.481 e. The molecular weight excluding hydrogens is 232 g/mol. The summed E-state index contributed by atoms with van der Waals surface area (Å²) in [5, 5.41) is 14.4. The summed E-state index contributed by atoms with van der Waals surface area (Å²) in [6, 6.07) is -0.584. The molecule has 0 saturated carbocycles. The molecule has 0 bridgehead atoms. The Hall–Kier alpha value is -1.26. The van der Waals surface area contributed by atoms with E-state index in [1.807, 2.05) is 27.7 Å². The van der Waals surface area contributed by atoms with Gasteiger partial charge in [-0.05, 0) is 25.7 Å². The van der Waals surface area contributed by atoms with Crippen molar-refractivity contribution in [3.8, 4) is 0 Å². The van der Waals surface area contributed by atoms with Crippen LogP contribution in [0.15, 0.2) is 0 Å². The molecule has 0 aliphatic heterocycles. The highest BCUT2D eigenvalue weighted by atomic mass is 16.4. The number of hydrogen-bond acceptors (Lipinski definition) is 2. The minimum absolute atomic E-state index is 0.0404. The van der Waals surface area contributed by atoms with Crippen LogP contribution in [-0.2, 0) is 4.79 Å². The minimum Gasteiger partial charge on any atom is -0.481 e. The van der Waals surface area contributed by atoms with Crippen LogP contribution in [0, 0.1) is 0 Å². The maximum atomic E-state index is 11.9. The first kappa shape index (κ1) is 16.7. The van der Waals surface area contributed by atoms with E-state index >= 15 is 0 Å². The number of nitrogens with one attached hydrogen (secondary N) is 2. The number of carbonyl (C=O) groups excluding carboxylic acids is 1. The van der Waals surface area contributed by atoms with Gasteiger partial charge in [0, 0.05) is 11.6 Å². The van der Waals surface area contributed by atoms with Gasteiger partial charge in [-0.2, -0.15) is 0 Å². The molecule has 0 aliphatic rings. The Morgan fingerprint density at radius 1 is 1.11 bits per heavy atom. The molecule has 3 N–H and O–H groups in total. The first-order chi connectivity index (χ1) is 8.42. The first-order valence-corrected chi connectivity index (χ1v) is 6.73. The van der Waals surface area contributed by atoms with Gasteiger partial charge in [0.25, 0.3) is 0 Å². The van der Waals surface area contributed by atoms with Crippen LogP contribution in [0.1, 0.15) is 59.8 Å². The molecule has 18 heavy (non-hydrogen) atoms. The van der Waals surface area contributed by atoms with Gasteiger partial charge in [0.1, 0.15) is 0 Å². The van der Waals surface area contributed by atoms with E-state index in [0.717, 1.165) is 19.3 Å². The van der Waals surface area contributed by atoms with Crippen LogP contribution in [0.5, 0.6) is 0 Å². The third-order valence-corrected chi connectivity index (χ3v) is 3.66. The van der Waals surface area contributed by atoms with E-state index in [4.69, 9.17) is 5.11 Å².